The maximum absolute atomic E-state index is 2.53. The van der Waals surface area contributed by atoms with E-state index in [4.69, 9.17) is 0 Å². The monoisotopic (exact) mass is 425 g/mol. The Labute approximate surface area is 193 Å². The minimum absolute atomic E-state index is 1.04. The number of aromatic nitrogens is 2. The van der Waals surface area contributed by atoms with E-state index in [0.717, 1.165) is 6.42 Å². The third-order valence-corrected chi connectivity index (χ3v) is 6.55. The fourth-order valence-electron chi connectivity index (χ4n) is 4.54. The standard InChI is InChI=1S/C29H49N2/c1-3-5-7-9-11-13-15-20-24-31-26-25-30(23-19-14-12-10-8-6-4-2)29(31)27-28-21-17-16-18-22-28/h16-18,21-22,25-26H,3-15,19-20,23-24,27H2,1-2H3/q+1. The molecular weight excluding hydrogens is 376 g/mol. The number of nitrogens with zero attached hydrogens (tertiary/aromatic N) is 2. The second kappa shape index (κ2) is 17.0. The zero-order chi connectivity index (χ0) is 22.0. The van der Waals surface area contributed by atoms with Crippen LogP contribution in [0.3, 0.4) is 0 Å². The van der Waals surface area contributed by atoms with Crippen LogP contribution in [0.2, 0.25) is 0 Å². The smallest absolute Gasteiger partial charge is 0.234 e. The fraction of sp³-hybridized carbons (Fsp3) is 0.690. The summed E-state index contributed by atoms with van der Waals surface area (Å²) in [5.41, 5.74) is 1.42. The van der Waals surface area contributed by atoms with E-state index in [2.05, 4.69) is 65.7 Å². The normalized spacial score (nSPS) is 11.3. The lowest BCUT2D eigenvalue weighted by Gasteiger charge is -2.07. The zero-order valence-electron chi connectivity index (χ0n) is 20.7. The van der Waals surface area contributed by atoms with Crippen molar-refractivity contribution in [1.82, 2.24) is 4.57 Å². The van der Waals surface area contributed by atoms with Gasteiger partial charge >= 0.3 is 0 Å². The van der Waals surface area contributed by atoms with Crippen molar-refractivity contribution < 1.29 is 4.57 Å². The van der Waals surface area contributed by atoms with Crippen LogP contribution in [0.15, 0.2) is 42.7 Å². The Morgan fingerprint density at radius 3 is 1.81 bits per heavy atom. The van der Waals surface area contributed by atoms with Crippen molar-refractivity contribution in [2.45, 2.75) is 130 Å². The van der Waals surface area contributed by atoms with Crippen LogP contribution in [-0.2, 0) is 19.5 Å². The molecule has 1 heterocycles. The lowest BCUT2D eigenvalue weighted by molar-refractivity contribution is -0.703. The highest BCUT2D eigenvalue weighted by molar-refractivity contribution is 5.18. The highest BCUT2D eigenvalue weighted by Crippen LogP contribution is 2.12. The molecule has 0 aliphatic heterocycles. The molecule has 2 aromatic rings. The van der Waals surface area contributed by atoms with Gasteiger partial charge < -0.3 is 0 Å². The predicted octanol–water partition coefficient (Wildman–Crippen LogP) is 8.26. The molecule has 1 aromatic heterocycles. The first-order valence-electron chi connectivity index (χ1n) is 13.5. The summed E-state index contributed by atoms with van der Waals surface area (Å²) in [7, 11) is 0. The quantitative estimate of drug-likeness (QED) is 0.158. The Bertz CT molecular complexity index is 659. The summed E-state index contributed by atoms with van der Waals surface area (Å²) in [5.74, 6) is 1.49. The Morgan fingerprint density at radius 1 is 0.645 bits per heavy atom. The maximum atomic E-state index is 2.53. The molecule has 0 spiro atoms. The molecule has 2 nitrogen and oxygen atoms in total. The average molecular weight is 426 g/mol. The van der Waals surface area contributed by atoms with Crippen LogP contribution < -0.4 is 4.57 Å². The van der Waals surface area contributed by atoms with E-state index in [1.165, 1.54) is 121 Å². The molecule has 0 aliphatic rings. The largest absolute Gasteiger partial charge is 0.260 e. The maximum Gasteiger partial charge on any atom is 0.260 e. The van der Waals surface area contributed by atoms with Crippen LogP contribution in [0.4, 0.5) is 0 Å². The van der Waals surface area contributed by atoms with Crippen LogP contribution in [0.25, 0.3) is 0 Å². The summed E-state index contributed by atoms with van der Waals surface area (Å²) in [5, 5.41) is 0. The minimum atomic E-state index is 1.04. The van der Waals surface area contributed by atoms with Gasteiger partial charge in [-0.3, -0.25) is 0 Å². The van der Waals surface area contributed by atoms with Crippen molar-refractivity contribution in [3.8, 4) is 0 Å². The number of imidazole rings is 1. The van der Waals surface area contributed by atoms with Gasteiger partial charge in [0.2, 0.25) is 0 Å². The van der Waals surface area contributed by atoms with Crippen LogP contribution in [-0.4, -0.2) is 4.57 Å². The van der Waals surface area contributed by atoms with Gasteiger partial charge in [0.05, 0.1) is 19.5 Å². The fourth-order valence-corrected chi connectivity index (χ4v) is 4.54. The molecule has 2 rings (SSSR count). The molecule has 1 aromatic carbocycles. The van der Waals surface area contributed by atoms with Gasteiger partial charge in [0.15, 0.2) is 0 Å². The molecule has 0 fully saturated rings. The first kappa shape index (κ1) is 25.7. The van der Waals surface area contributed by atoms with Gasteiger partial charge in [-0.1, -0.05) is 115 Å². The summed E-state index contributed by atoms with van der Waals surface area (Å²) >= 11 is 0. The molecule has 0 saturated carbocycles. The van der Waals surface area contributed by atoms with Crippen molar-refractivity contribution >= 4 is 0 Å². The van der Waals surface area contributed by atoms with E-state index in [-0.39, 0.29) is 0 Å². The van der Waals surface area contributed by atoms with Crippen molar-refractivity contribution in [2.75, 3.05) is 0 Å². The van der Waals surface area contributed by atoms with E-state index in [1.54, 1.807) is 0 Å². The third kappa shape index (κ3) is 11.0. The molecule has 0 saturated heterocycles. The number of unbranched alkanes of at least 4 members (excludes halogenated alkanes) is 13. The Balaban J connectivity index is 1.81. The summed E-state index contributed by atoms with van der Waals surface area (Å²) in [6.45, 7) is 6.93. The van der Waals surface area contributed by atoms with Crippen LogP contribution in [0.1, 0.15) is 122 Å². The van der Waals surface area contributed by atoms with Gasteiger partial charge in [-0.25, -0.2) is 9.13 Å². The van der Waals surface area contributed by atoms with Crippen molar-refractivity contribution in [3.63, 3.8) is 0 Å². The van der Waals surface area contributed by atoms with Gasteiger partial charge in [-0.05, 0) is 31.2 Å². The third-order valence-electron chi connectivity index (χ3n) is 6.55. The van der Waals surface area contributed by atoms with Gasteiger partial charge in [0, 0.05) is 0 Å². The van der Waals surface area contributed by atoms with E-state index in [0.29, 0.717) is 0 Å². The average Bonchev–Trinajstić information content (AvgIpc) is 3.17. The Hall–Kier alpha value is -1.57. The summed E-state index contributed by atoms with van der Waals surface area (Å²) in [6.07, 6.45) is 26.4. The van der Waals surface area contributed by atoms with E-state index >= 15 is 0 Å². The van der Waals surface area contributed by atoms with E-state index in [1.807, 2.05) is 0 Å². The van der Waals surface area contributed by atoms with Crippen molar-refractivity contribution in [2.24, 2.45) is 0 Å². The van der Waals surface area contributed by atoms with Gasteiger partial charge in [0.1, 0.15) is 12.4 Å². The molecule has 0 N–H and O–H groups in total. The summed E-state index contributed by atoms with van der Waals surface area (Å²) in [6, 6.07) is 11.0. The molecule has 0 bridgehead atoms. The molecular formula is C29H49N2+. The van der Waals surface area contributed by atoms with E-state index in [9.17, 15) is 0 Å². The highest BCUT2D eigenvalue weighted by Gasteiger charge is 2.17. The number of hydrogen-bond donors (Lipinski definition) is 0. The topological polar surface area (TPSA) is 8.81 Å². The molecule has 174 valence electrons. The first-order chi connectivity index (χ1) is 15.3. The Kier molecular flexibility index (Phi) is 14.1. The summed E-state index contributed by atoms with van der Waals surface area (Å²) in [4.78, 5) is 0. The van der Waals surface area contributed by atoms with Gasteiger partial charge in [-0.15, -0.1) is 0 Å². The zero-order valence-corrected chi connectivity index (χ0v) is 20.7. The number of benzene rings is 1. The number of aryl methyl sites for hydroxylation is 2. The lowest BCUT2D eigenvalue weighted by Crippen LogP contribution is -2.37. The predicted molar refractivity (Wildman–Crippen MR) is 134 cm³/mol. The number of hydrogen-bond acceptors (Lipinski definition) is 0. The van der Waals surface area contributed by atoms with Crippen LogP contribution >= 0.6 is 0 Å². The minimum Gasteiger partial charge on any atom is -0.234 e. The SMILES string of the molecule is CCCCCCCCCCn1cc[n+](CCCCCCCCC)c1Cc1ccccc1. The van der Waals surface area contributed by atoms with E-state index < -0.39 is 0 Å². The molecule has 0 aliphatic carbocycles. The molecule has 0 unspecified atom stereocenters. The van der Waals surface area contributed by atoms with Crippen LogP contribution in [0, 0.1) is 0 Å². The molecule has 2 heteroatoms. The highest BCUT2D eigenvalue weighted by atomic mass is 15.1. The lowest BCUT2D eigenvalue weighted by atomic mass is 10.1. The molecule has 31 heavy (non-hydrogen) atoms. The molecule has 0 atom stereocenters. The first-order valence-corrected chi connectivity index (χ1v) is 13.5. The van der Waals surface area contributed by atoms with Gasteiger partial charge in [0.25, 0.3) is 5.82 Å². The second-order valence-electron chi connectivity index (χ2n) is 9.36. The molecule has 0 radical (unpaired) electrons. The van der Waals surface area contributed by atoms with Crippen LogP contribution in [0.5, 0.6) is 0 Å². The second-order valence-corrected chi connectivity index (χ2v) is 9.36. The molecule has 0 amide bonds. The van der Waals surface area contributed by atoms with Gasteiger partial charge in [-0.2, -0.15) is 0 Å². The van der Waals surface area contributed by atoms with Crippen molar-refractivity contribution in [3.05, 3.63) is 54.1 Å². The van der Waals surface area contributed by atoms with Crippen molar-refractivity contribution in [1.29, 1.82) is 0 Å². The number of rotatable bonds is 19. The summed E-state index contributed by atoms with van der Waals surface area (Å²) < 4.78 is 5.06. The Morgan fingerprint density at radius 2 is 1.19 bits per heavy atom.